The van der Waals surface area contributed by atoms with Gasteiger partial charge in [0.1, 0.15) is 0 Å². The number of nitrogens with zero attached hydrogens (tertiary/aromatic N) is 2. The van der Waals surface area contributed by atoms with Gasteiger partial charge in [-0.25, -0.2) is 0 Å². The van der Waals surface area contributed by atoms with E-state index in [0.29, 0.717) is 12.1 Å². The molecule has 0 aliphatic heterocycles. The minimum absolute atomic E-state index is 0.399. The maximum atomic E-state index is 4.61. The van der Waals surface area contributed by atoms with Crippen LogP contribution in [0.25, 0.3) is 21.5 Å². The van der Waals surface area contributed by atoms with Crippen molar-refractivity contribution in [1.82, 2.24) is 9.80 Å². The topological polar surface area (TPSA) is 6.48 Å². The average molecular weight is 858 g/mol. The van der Waals surface area contributed by atoms with E-state index in [0.717, 1.165) is 0 Å². The molecule has 6 heteroatoms. The molecule has 0 amide bonds. The number of rotatable bonds is 4. The number of hydrogen-bond acceptors (Lipinski definition) is 2. The van der Waals surface area contributed by atoms with Gasteiger partial charge in [-0.1, -0.05) is 36.4 Å². The molecule has 0 saturated heterocycles. The van der Waals surface area contributed by atoms with Gasteiger partial charge in [-0.15, -0.1) is 44.8 Å². The monoisotopic (exact) mass is 856 g/mol. The SMILES string of the molecule is C[C@@H](c1[c-]ccc2ccccc12)N(C)C.C[C@@H](c1[c-]ccc2ccccc12)N(C)C.[Cl][Pt+].[Cl][Pt+]. The van der Waals surface area contributed by atoms with Gasteiger partial charge in [-0.2, -0.15) is 36.4 Å². The van der Waals surface area contributed by atoms with Crippen LogP contribution >= 0.6 is 18.8 Å². The summed E-state index contributed by atoms with van der Waals surface area (Å²) in [6.45, 7) is 4.41. The molecule has 0 N–H and O–H groups in total. The number of halogens is 2. The Morgan fingerprint density at radius 2 is 0.912 bits per heavy atom. The first-order valence-electron chi connectivity index (χ1n) is 10.8. The van der Waals surface area contributed by atoms with E-state index in [2.05, 4.69) is 143 Å². The molecule has 0 radical (unpaired) electrons. The summed E-state index contributed by atoms with van der Waals surface area (Å²) in [7, 11) is 17.6. The van der Waals surface area contributed by atoms with Gasteiger partial charge in [0.15, 0.2) is 0 Å². The molecule has 0 bridgehead atoms. The Morgan fingerprint density at radius 3 is 1.24 bits per heavy atom. The van der Waals surface area contributed by atoms with Crippen LogP contribution in [-0.2, 0) is 37.5 Å². The Bertz CT molecular complexity index is 1020. The van der Waals surface area contributed by atoms with Gasteiger partial charge < -0.3 is 9.80 Å². The quantitative estimate of drug-likeness (QED) is 0.193. The molecular weight excluding hydrogens is 825 g/mol. The zero-order valence-corrected chi connectivity index (χ0v) is 26.4. The van der Waals surface area contributed by atoms with Crippen LogP contribution < -0.4 is 0 Å². The number of benzene rings is 4. The van der Waals surface area contributed by atoms with Crippen LogP contribution in [0.2, 0.25) is 0 Å². The fraction of sp³-hybridized carbons (Fsp3) is 0.286. The Morgan fingerprint density at radius 1 is 0.588 bits per heavy atom. The van der Waals surface area contributed by atoms with Gasteiger partial charge in [-0.05, 0) is 42.0 Å². The average Bonchev–Trinajstić information content (AvgIpc) is 2.89. The van der Waals surface area contributed by atoms with E-state index >= 15 is 0 Å². The van der Waals surface area contributed by atoms with E-state index in [1.807, 2.05) is 12.1 Å². The van der Waals surface area contributed by atoms with E-state index in [1.165, 1.54) is 32.7 Å². The van der Waals surface area contributed by atoms with Crippen LogP contribution in [-0.4, -0.2) is 38.0 Å². The second-order valence-corrected chi connectivity index (χ2v) is 8.24. The Kier molecular flexibility index (Phi) is 15.5. The van der Waals surface area contributed by atoms with Gasteiger partial charge in [0.05, 0.1) is 0 Å². The third-order valence-electron chi connectivity index (χ3n) is 5.89. The number of hydrogen-bond donors (Lipinski definition) is 0. The minimum atomic E-state index is 0.399. The van der Waals surface area contributed by atoms with Crippen LogP contribution in [0.1, 0.15) is 37.1 Å². The normalized spacial score (nSPS) is 12.2. The molecule has 0 spiro atoms. The Labute approximate surface area is 236 Å². The van der Waals surface area contributed by atoms with Gasteiger partial charge in [0.2, 0.25) is 0 Å². The predicted molar refractivity (Wildman–Crippen MR) is 141 cm³/mol. The molecule has 0 aromatic heterocycles. The summed E-state index contributed by atoms with van der Waals surface area (Å²) in [5.74, 6) is 0. The fourth-order valence-electron chi connectivity index (χ4n) is 3.58. The van der Waals surface area contributed by atoms with Crippen molar-refractivity contribution in [1.29, 1.82) is 0 Å². The van der Waals surface area contributed by atoms with Crippen LogP contribution in [0.3, 0.4) is 0 Å². The zero-order chi connectivity index (χ0) is 25.7. The van der Waals surface area contributed by atoms with Gasteiger partial charge in [-0.3, -0.25) is 0 Å². The van der Waals surface area contributed by atoms with Crippen molar-refractivity contribution >= 4 is 40.4 Å². The summed E-state index contributed by atoms with van der Waals surface area (Å²) in [5.41, 5.74) is 2.55. The second kappa shape index (κ2) is 16.9. The fourth-order valence-corrected chi connectivity index (χ4v) is 3.58. The zero-order valence-electron chi connectivity index (χ0n) is 20.4. The van der Waals surface area contributed by atoms with E-state index in [9.17, 15) is 0 Å². The molecule has 0 saturated carbocycles. The molecule has 4 aromatic carbocycles. The predicted octanol–water partition coefficient (Wildman–Crippen LogP) is 7.90. The van der Waals surface area contributed by atoms with Crippen molar-refractivity contribution in [2.75, 3.05) is 28.2 Å². The maximum absolute atomic E-state index is 4.61. The van der Waals surface area contributed by atoms with Gasteiger partial charge in [0, 0.05) is 12.1 Å². The molecule has 188 valence electrons. The van der Waals surface area contributed by atoms with Crippen LogP contribution in [0.5, 0.6) is 0 Å². The molecular formula is C28H32Cl2N2Pt2. The molecule has 0 unspecified atom stereocenters. The van der Waals surface area contributed by atoms with Crippen molar-refractivity contribution in [2.45, 2.75) is 25.9 Å². The van der Waals surface area contributed by atoms with E-state index in [-0.39, 0.29) is 0 Å². The van der Waals surface area contributed by atoms with Gasteiger partial charge >= 0.3 is 56.4 Å². The molecule has 0 fully saturated rings. The Hall–Kier alpha value is -0.723. The van der Waals surface area contributed by atoms with E-state index in [4.69, 9.17) is 0 Å². The van der Waals surface area contributed by atoms with Crippen LogP contribution in [0, 0.1) is 12.1 Å². The first kappa shape index (κ1) is 31.3. The van der Waals surface area contributed by atoms with E-state index < -0.39 is 0 Å². The second-order valence-electron chi connectivity index (χ2n) is 8.24. The molecule has 0 heterocycles. The summed E-state index contributed by atoms with van der Waals surface area (Å²) in [6, 6.07) is 32.7. The summed E-state index contributed by atoms with van der Waals surface area (Å²) >= 11 is 3.22. The van der Waals surface area contributed by atoms with Gasteiger partial charge in [0.25, 0.3) is 0 Å². The molecule has 34 heavy (non-hydrogen) atoms. The Balaban J connectivity index is 0.000000297. The molecule has 0 aliphatic carbocycles. The van der Waals surface area contributed by atoms with Crippen LogP contribution in [0.15, 0.2) is 72.8 Å². The summed E-state index contributed by atoms with van der Waals surface area (Å²) in [4.78, 5) is 4.41. The summed E-state index contributed by atoms with van der Waals surface area (Å²) in [6.07, 6.45) is 0. The molecule has 0 aliphatic rings. The number of fused-ring (bicyclic) bond motifs is 2. The van der Waals surface area contributed by atoms with Crippen molar-refractivity contribution < 1.29 is 37.5 Å². The first-order valence-corrected chi connectivity index (χ1v) is 16.4. The van der Waals surface area contributed by atoms with Crippen molar-refractivity contribution in [3.05, 3.63) is 96.1 Å². The third kappa shape index (κ3) is 8.74. The molecule has 4 rings (SSSR count). The molecule has 2 atom stereocenters. The van der Waals surface area contributed by atoms with Crippen molar-refractivity contribution in [3.8, 4) is 0 Å². The standard InChI is InChI=1S/2C14H16N.2ClH.2Pt/c2*1-11(15(2)3)13-10-6-8-12-7-4-5-9-14(12)13;;;;/h2*4-9,11H,1-3H3;2*1H;;/q2*-1;;;2*+2/p-2/t2*11-;;;;/m00..../s1. The van der Waals surface area contributed by atoms with Crippen LogP contribution in [0.4, 0.5) is 0 Å². The summed E-state index contributed by atoms with van der Waals surface area (Å²) < 4.78 is 0. The molecule has 2 nitrogen and oxygen atoms in total. The summed E-state index contributed by atoms with van der Waals surface area (Å²) in [5, 5.41) is 5.20. The first-order chi connectivity index (χ1) is 16.4. The van der Waals surface area contributed by atoms with E-state index in [1.54, 1.807) is 37.5 Å². The van der Waals surface area contributed by atoms with Crippen molar-refractivity contribution in [3.63, 3.8) is 0 Å². The molecule has 4 aromatic rings. The third-order valence-corrected chi connectivity index (χ3v) is 5.89. The van der Waals surface area contributed by atoms with Crippen molar-refractivity contribution in [2.24, 2.45) is 0 Å².